The van der Waals surface area contributed by atoms with E-state index in [0.717, 1.165) is 24.3 Å². The summed E-state index contributed by atoms with van der Waals surface area (Å²) in [5.74, 6) is -0.120. The summed E-state index contributed by atoms with van der Waals surface area (Å²) in [4.78, 5) is 27.4. The Hall–Kier alpha value is -2.73. The lowest BCUT2D eigenvalue weighted by atomic mass is 10.1. The Kier molecular flexibility index (Phi) is 4.31. The second kappa shape index (κ2) is 6.41. The fraction of sp³-hybridized carbons (Fsp3) is 0.278. The molecule has 2 aromatic carbocycles. The van der Waals surface area contributed by atoms with Gasteiger partial charge in [0.1, 0.15) is 0 Å². The molecule has 2 aromatic rings. The van der Waals surface area contributed by atoms with E-state index in [1.807, 2.05) is 31.3 Å². The summed E-state index contributed by atoms with van der Waals surface area (Å²) < 4.78 is 0. The topological polar surface area (TPSA) is 66.7 Å². The smallest absolute Gasteiger partial charge is 0.269 e. The van der Waals surface area contributed by atoms with E-state index in [9.17, 15) is 14.9 Å². The maximum absolute atomic E-state index is 13.1. The largest absolute Gasteiger partial charge is 0.307 e. The van der Waals surface area contributed by atoms with Gasteiger partial charge in [-0.25, -0.2) is 0 Å². The first-order valence-corrected chi connectivity index (χ1v) is 7.80. The lowest BCUT2D eigenvalue weighted by Gasteiger charge is -2.23. The summed E-state index contributed by atoms with van der Waals surface area (Å²) in [5, 5.41) is 10.9. The van der Waals surface area contributed by atoms with Gasteiger partial charge in [0, 0.05) is 43.0 Å². The molecule has 0 aromatic heterocycles. The predicted molar refractivity (Wildman–Crippen MR) is 92.3 cm³/mol. The van der Waals surface area contributed by atoms with Crippen molar-refractivity contribution < 1.29 is 9.72 Å². The van der Waals surface area contributed by atoms with E-state index in [1.54, 1.807) is 17.9 Å². The zero-order valence-corrected chi connectivity index (χ0v) is 13.7. The second-order valence-corrected chi connectivity index (χ2v) is 6.08. The van der Waals surface area contributed by atoms with E-state index in [0.29, 0.717) is 17.7 Å². The number of fused-ring (bicyclic) bond motifs is 1. The minimum atomic E-state index is -0.447. The molecule has 0 N–H and O–H groups in total. The van der Waals surface area contributed by atoms with E-state index in [4.69, 9.17) is 0 Å². The fourth-order valence-corrected chi connectivity index (χ4v) is 3.03. The van der Waals surface area contributed by atoms with Crippen LogP contribution in [0.1, 0.15) is 21.5 Å². The van der Waals surface area contributed by atoms with Crippen LogP contribution >= 0.6 is 0 Å². The molecule has 0 saturated heterocycles. The SMILES string of the molecule is Cc1cc([N+](=O)[O-])ccc1C(=O)N1CCN(C)Cc2ccccc21. The molecule has 6 heteroatoms. The van der Waals surface area contributed by atoms with Gasteiger partial charge in [-0.2, -0.15) is 0 Å². The molecule has 0 aliphatic carbocycles. The van der Waals surface area contributed by atoms with Crippen molar-refractivity contribution in [1.82, 2.24) is 4.90 Å². The van der Waals surface area contributed by atoms with Gasteiger partial charge in [0.2, 0.25) is 0 Å². The average molecular weight is 325 g/mol. The number of carbonyl (C=O) groups is 1. The molecule has 0 spiro atoms. The molecule has 0 atom stereocenters. The molecular formula is C18H19N3O3. The van der Waals surface area contributed by atoms with Gasteiger partial charge < -0.3 is 9.80 Å². The van der Waals surface area contributed by atoms with Crippen molar-refractivity contribution in [2.24, 2.45) is 0 Å². The Morgan fingerprint density at radius 1 is 1.17 bits per heavy atom. The summed E-state index contributed by atoms with van der Waals surface area (Å²) in [5.41, 5.74) is 3.12. The van der Waals surface area contributed by atoms with Crippen LogP contribution in [0.4, 0.5) is 11.4 Å². The number of nitrogens with zero attached hydrogens (tertiary/aromatic N) is 3. The van der Waals surface area contributed by atoms with Gasteiger partial charge in [0.15, 0.2) is 0 Å². The number of likely N-dealkylation sites (N-methyl/N-ethyl adjacent to an activating group) is 1. The molecule has 0 radical (unpaired) electrons. The summed E-state index contributed by atoms with van der Waals surface area (Å²) >= 11 is 0. The number of para-hydroxylation sites is 1. The summed E-state index contributed by atoms with van der Waals surface area (Å²) in [7, 11) is 2.03. The average Bonchev–Trinajstić information content (AvgIpc) is 2.72. The van der Waals surface area contributed by atoms with Crippen molar-refractivity contribution in [3.05, 3.63) is 69.3 Å². The number of anilines is 1. The number of benzene rings is 2. The molecule has 24 heavy (non-hydrogen) atoms. The van der Waals surface area contributed by atoms with Gasteiger partial charge in [-0.15, -0.1) is 0 Å². The molecule has 1 heterocycles. The van der Waals surface area contributed by atoms with E-state index in [2.05, 4.69) is 4.90 Å². The fourth-order valence-electron chi connectivity index (χ4n) is 3.03. The number of rotatable bonds is 2. The predicted octanol–water partition coefficient (Wildman–Crippen LogP) is 3.00. The van der Waals surface area contributed by atoms with E-state index >= 15 is 0 Å². The Labute approximate surface area is 140 Å². The molecule has 1 aliphatic rings. The monoisotopic (exact) mass is 325 g/mol. The van der Waals surface area contributed by atoms with Crippen LogP contribution < -0.4 is 4.90 Å². The number of carbonyl (C=O) groups excluding carboxylic acids is 1. The van der Waals surface area contributed by atoms with Crippen molar-refractivity contribution in [3.8, 4) is 0 Å². The van der Waals surface area contributed by atoms with Crippen molar-refractivity contribution >= 4 is 17.3 Å². The Morgan fingerprint density at radius 2 is 1.92 bits per heavy atom. The number of nitro benzene ring substituents is 1. The normalized spacial score (nSPS) is 14.8. The first kappa shape index (κ1) is 16.1. The van der Waals surface area contributed by atoms with E-state index in [-0.39, 0.29) is 11.6 Å². The quantitative estimate of drug-likeness (QED) is 0.629. The minimum Gasteiger partial charge on any atom is -0.307 e. The molecular weight excluding hydrogens is 306 g/mol. The van der Waals surface area contributed by atoms with Crippen molar-refractivity contribution in [3.63, 3.8) is 0 Å². The Bertz CT molecular complexity index is 804. The summed E-state index contributed by atoms with van der Waals surface area (Å²) in [6.45, 7) is 3.88. The third kappa shape index (κ3) is 3.00. The molecule has 3 rings (SSSR count). The van der Waals surface area contributed by atoms with Crippen LogP contribution in [-0.2, 0) is 6.54 Å². The minimum absolute atomic E-state index is 0.0000462. The van der Waals surface area contributed by atoms with Gasteiger partial charge in [-0.05, 0) is 37.2 Å². The summed E-state index contributed by atoms with van der Waals surface area (Å²) in [6, 6.07) is 12.3. The van der Waals surface area contributed by atoms with Crippen LogP contribution in [0.25, 0.3) is 0 Å². The standard InChI is InChI=1S/C18H19N3O3/c1-13-11-15(21(23)24)7-8-16(13)18(22)20-10-9-19(2)12-14-5-3-4-6-17(14)20/h3-8,11H,9-10,12H2,1-2H3. The first-order valence-electron chi connectivity index (χ1n) is 7.80. The van der Waals surface area contributed by atoms with Gasteiger partial charge in [0.25, 0.3) is 11.6 Å². The zero-order chi connectivity index (χ0) is 17.3. The zero-order valence-electron chi connectivity index (χ0n) is 13.7. The lowest BCUT2D eigenvalue weighted by molar-refractivity contribution is -0.384. The molecule has 1 amide bonds. The van der Waals surface area contributed by atoms with Crippen LogP contribution in [0, 0.1) is 17.0 Å². The third-order valence-corrected chi connectivity index (χ3v) is 4.32. The molecule has 1 aliphatic heterocycles. The van der Waals surface area contributed by atoms with Crippen LogP contribution in [0.15, 0.2) is 42.5 Å². The van der Waals surface area contributed by atoms with Gasteiger partial charge >= 0.3 is 0 Å². The van der Waals surface area contributed by atoms with Crippen LogP contribution in [0.2, 0.25) is 0 Å². The Morgan fingerprint density at radius 3 is 2.62 bits per heavy atom. The maximum atomic E-state index is 13.1. The van der Waals surface area contributed by atoms with Crippen molar-refractivity contribution in [2.45, 2.75) is 13.5 Å². The first-order chi connectivity index (χ1) is 11.5. The van der Waals surface area contributed by atoms with Crippen LogP contribution in [0.5, 0.6) is 0 Å². The van der Waals surface area contributed by atoms with E-state index < -0.39 is 4.92 Å². The van der Waals surface area contributed by atoms with Crippen LogP contribution in [0.3, 0.4) is 0 Å². The van der Waals surface area contributed by atoms with Gasteiger partial charge in [-0.1, -0.05) is 18.2 Å². The number of nitro groups is 1. The van der Waals surface area contributed by atoms with Gasteiger partial charge in [0.05, 0.1) is 4.92 Å². The molecule has 0 unspecified atom stereocenters. The number of aryl methyl sites for hydroxylation is 1. The number of amides is 1. The van der Waals surface area contributed by atoms with Crippen molar-refractivity contribution in [1.29, 1.82) is 0 Å². The van der Waals surface area contributed by atoms with Crippen LogP contribution in [-0.4, -0.2) is 35.9 Å². The highest BCUT2D eigenvalue weighted by atomic mass is 16.6. The molecule has 0 bridgehead atoms. The van der Waals surface area contributed by atoms with E-state index in [1.165, 1.54) is 12.1 Å². The second-order valence-electron chi connectivity index (χ2n) is 6.08. The maximum Gasteiger partial charge on any atom is 0.269 e. The number of hydrogen-bond acceptors (Lipinski definition) is 4. The van der Waals surface area contributed by atoms with Crippen molar-refractivity contribution in [2.75, 3.05) is 25.0 Å². The number of non-ortho nitro benzene ring substituents is 1. The lowest BCUT2D eigenvalue weighted by Crippen LogP contribution is -2.35. The van der Waals surface area contributed by atoms with Gasteiger partial charge in [-0.3, -0.25) is 14.9 Å². The highest BCUT2D eigenvalue weighted by Gasteiger charge is 2.25. The molecule has 0 fully saturated rings. The highest BCUT2D eigenvalue weighted by Crippen LogP contribution is 2.27. The third-order valence-electron chi connectivity index (χ3n) is 4.32. The molecule has 6 nitrogen and oxygen atoms in total. The summed E-state index contributed by atoms with van der Waals surface area (Å²) in [6.07, 6.45) is 0. The molecule has 124 valence electrons. The highest BCUT2D eigenvalue weighted by molar-refractivity contribution is 6.07. The molecule has 0 saturated carbocycles. The Balaban J connectivity index is 1.99. The number of hydrogen-bond donors (Lipinski definition) is 0.